The largest absolute Gasteiger partial charge is 0.364 e. The van der Waals surface area contributed by atoms with Gasteiger partial charge in [0, 0.05) is 13.5 Å². The number of para-hydroxylation sites is 2. The van der Waals surface area contributed by atoms with Crippen molar-refractivity contribution in [3.05, 3.63) is 72.1 Å². The second-order valence-corrected chi connectivity index (χ2v) is 6.20. The van der Waals surface area contributed by atoms with Crippen LogP contribution in [0.15, 0.2) is 65.9 Å². The lowest BCUT2D eigenvalue weighted by atomic mass is 10.0. The molecule has 124 valence electrons. The molecule has 6 heteroatoms. The lowest BCUT2D eigenvalue weighted by Gasteiger charge is -2.22. The summed E-state index contributed by atoms with van der Waals surface area (Å²) in [6.07, 6.45) is 2.56. The molecule has 0 aliphatic carbocycles. The number of hydrazone groups is 1. The van der Waals surface area contributed by atoms with E-state index in [1.807, 2.05) is 60.7 Å². The van der Waals surface area contributed by atoms with Crippen LogP contribution in [0.5, 0.6) is 0 Å². The average molecular weight is 347 g/mol. The van der Waals surface area contributed by atoms with Gasteiger partial charge >= 0.3 is 0 Å². The fourth-order valence-corrected chi connectivity index (χ4v) is 3.15. The standard InChI is InChI=1S/C19H17N5S/c1-20-19(25)24-18(11-16(23-24)13-7-3-2-4-8-13)17-12-21-14-9-5-6-10-15(14)22-17/h2-10,12,18H,11H2,1H3,(H,20,25)/t18-/m0/s1. The van der Waals surface area contributed by atoms with E-state index in [1.165, 1.54) is 0 Å². The SMILES string of the molecule is CNC(=S)N1N=C(c2ccccc2)C[C@H]1c1cnc2ccccc2n1. The van der Waals surface area contributed by atoms with Crippen molar-refractivity contribution in [1.29, 1.82) is 0 Å². The Morgan fingerprint density at radius 1 is 1.08 bits per heavy atom. The minimum atomic E-state index is -0.0627. The molecule has 1 N–H and O–H groups in total. The number of fused-ring (bicyclic) bond motifs is 1. The van der Waals surface area contributed by atoms with Gasteiger partial charge in [-0.15, -0.1) is 0 Å². The zero-order valence-corrected chi connectivity index (χ0v) is 14.6. The maximum atomic E-state index is 5.45. The maximum absolute atomic E-state index is 5.45. The molecule has 0 spiro atoms. The highest BCUT2D eigenvalue weighted by molar-refractivity contribution is 7.80. The van der Waals surface area contributed by atoms with Gasteiger partial charge < -0.3 is 5.32 Å². The van der Waals surface area contributed by atoms with Gasteiger partial charge in [0.2, 0.25) is 0 Å². The fraction of sp³-hybridized carbons (Fsp3) is 0.158. The summed E-state index contributed by atoms with van der Waals surface area (Å²) in [5, 5.41) is 10.2. The molecule has 1 aliphatic heterocycles. The smallest absolute Gasteiger partial charge is 0.190 e. The Bertz CT molecular complexity index is 954. The van der Waals surface area contributed by atoms with Crippen LogP contribution in [0.3, 0.4) is 0 Å². The number of nitrogens with zero attached hydrogens (tertiary/aromatic N) is 4. The van der Waals surface area contributed by atoms with Crippen molar-refractivity contribution < 1.29 is 0 Å². The number of nitrogens with one attached hydrogen (secondary N) is 1. The first-order chi connectivity index (χ1) is 12.3. The van der Waals surface area contributed by atoms with E-state index in [1.54, 1.807) is 0 Å². The van der Waals surface area contributed by atoms with Gasteiger partial charge in [0.1, 0.15) is 6.04 Å². The highest BCUT2D eigenvalue weighted by Crippen LogP contribution is 2.32. The van der Waals surface area contributed by atoms with E-state index in [0.717, 1.165) is 34.4 Å². The summed E-state index contributed by atoms with van der Waals surface area (Å²) in [7, 11) is 1.81. The maximum Gasteiger partial charge on any atom is 0.190 e. The lowest BCUT2D eigenvalue weighted by molar-refractivity contribution is 0.360. The van der Waals surface area contributed by atoms with E-state index in [9.17, 15) is 0 Å². The van der Waals surface area contributed by atoms with Gasteiger partial charge in [-0.1, -0.05) is 42.5 Å². The number of rotatable bonds is 2. The fourth-order valence-electron chi connectivity index (χ4n) is 2.98. The normalized spacial score (nSPS) is 16.8. The second-order valence-electron chi connectivity index (χ2n) is 5.82. The monoisotopic (exact) mass is 347 g/mol. The van der Waals surface area contributed by atoms with E-state index in [2.05, 4.69) is 22.4 Å². The van der Waals surface area contributed by atoms with Gasteiger partial charge in [-0.3, -0.25) is 4.98 Å². The minimum absolute atomic E-state index is 0.0627. The number of hydrogen-bond acceptors (Lipinski definition) is 4. The summed E-state index contributed by atoms with van der Waals surface area (Å²) in [6, 6.07) is 18.0. The zero-order chi connectivity index (χ0) is 17.2. The predicted octanol–water partition coefficient (Wildman–Crippen LogP) is 3.29. The van der Waals surface area contributed by atoms with E-state index in [0.29, 0.717) is 5.11 Å². The molecule has 0 radical (unpaired) electrons. The first-order valence-corrected chi connectivity index (χ1v) is 8.52. The molecule has 5 nitrogen and oxygen atoms in total. The average Bonchev–Trinajstić information content (AvgIpc) is 3.13. The number of hydrogen-bond donors (Lipinski definition) is 1. The van der Waals surface area contributed by atoms with Crippen LogP contribution in [-0.2, 0) is 0 Å². The topological polar surface area (TPSA) is 53.4 Å². The van der Waals surface area contributed by atoms with Crippen molar-refractivity contribution in [2.24, 2.45) is 5.10 Å². The zero-order valence-electron chi connectivity index (χ0n) is 13.8. The summed E-state index contributed by atoms with van der Waals surface area (Å²) < 4.78 is 0. The Morgan fingerprint density at radius 3 is 2.56 bits per heavy atom. The first kappa shape index (κ1) is 15.7. The Kier molecular flexibility index (Phi) is 4.11. The van der Waals surface area contributed by atoms with Crippen molar-refractivity contribution in [3.63, 3.8) is 0 Å². The van der Waals surface area contributed by atoms with Gasteiger partial charge in [-0.2, -0.15) is 5.10 Å². The van der Waals surface area contributed by atoms with Crippen LogP contribution in [0.2, 0.25) is 0 Å². The Balaban J connectivity index is 1.73. The predicted molar refractivity (Wildman–Crippen MR) is 103 cm³/mol. The lowest BCUT2D eigenvalue weighted by Crippen LogP contribution is -2.34. The molecule has 2 aromatic carbocycles. The minimum Gasteiger partial charge on any atom is -0.364 e. The summed E-state index contributed by atoms with van der Waals surface area (Å²) in [5.74, 6) is 0. The van der Waals surface area contributed by atoms with Gasteiger partial charge in [0.25, 0.3) is 0 Å². The molecule has 0 bridgehead atoms. The van der Waals surface area contributed by atoms with E-state index in [4.69, 9.17) is 22.3 Å². The summed E-state index contributed by atoms with van der Waals surface area (Å²) in [5.41, 5.74) is 4.73. The Labute approximate surface area is 151 Å². The third-order valence-electron chi connectivity index (χ3n) is 4.25. The number of benzene rings is 2. The Hall–Kier alpha value is -2.86. The molecule has 0 amide bonds. The van der Waals surface area contributed by atoms with Crippen LogP contribution in [0.1, 0.15) is 23.7 Å². The van der Waals surface area contributed by atoms with Crippen LogP contribution in [0.4, 0.5) is 0 Å². The summed E-state index contributed by atoms with van der Waals surface area (Å²) in [6.45, 7) is 0. The summed E-state index contributed by atoms with van der Waals surface area (Å²) in [4.78, 5) is 9.33. The van der Waals surface area contributed by atoms with Gasteiger partial charge in [-0.05, 0) is 29.9 Å². The van der Waals surface area contributed by atoms with E-state index >= 15 is 0 Å². The third kappa shape index (κ3) is 2.96. The Morgan fingerprint density at radius 2 is 1.80 bits per heavy atom. The van der Waals surface area contributed by atoms with E-state index < -0.39 is 0 Å². The molecule has 2 heterocycles. The van der Waals surface area contributed by atoms with Gasteiger partial charge in [0.05, 0.1) is 28.6 Å². The van der Waals surface area contributed by atoms with Crippen molar-refractivity contribution in [3.8, 4) is 0 Å². The van der Waals surface area contributed by atoms with Crippen LogP contribution in [0.25, 0.3) is 11.0 Å². The quantitative estimate of drug-likeness (QED) is 0.721. The van der Waals surface area contributed by atoms with Gasteiger partial charge in [-0.25, -0.2) is 9.99 Å². The van der Waals surface area contributed by atoms with Crippen LogP contribution in [-0.4, -0.2) is 32.8 Å². The molecule has 0 fully saturated rings. The van der Waals surface area contributed by atoms with Crippen molar-refractivity contribution in [1.82, 2.24) is 20.3 Å². The second kappa shape index (κ2) is 6.57. The molecule has 1 aliphatic rings. The van der Waals surface area contributed by atoms with Crippen LogP contribution < -0.4 is 5.32 Å². The number of thiocarbonyl (C=S) groups is 1. The molecule has 4 rings (SSSR count). The van der Waals surface area contributed by atoms with Crippen LogP contribution in [0, 0.1) is 0 Å². The first-order valence-electron chi connectivity index (χ1n) is 8.12. The molecule has 25 heavy (non-hydrogen) atoms. The molecular formula is C19H17N5S. The highest BCUT2D eigenvalue weighted by atomic mass is 32.1. The third-order valence-corrected chi connectivity index (χ3v) is 4.64. The molecule has 0 saturated carbocycles. The summed E-state index contributed by atoms with van der Waals surface area (Å²) >= 11 is 5.45. The van der Waals surface area contributed by atoms with Crippen molar-refractivity contribution in [2.75, 3.05) is 7.05 Å². The van der Waals surface area contributed by atoms with Crippen molar-refractivity contribution in [2.45, 2.75) is 12.5 Å². The number of aromatic nitrogens is 2. The molecule has 0 unspecified atom stereocenters. The van der Waals surface area contributed by atoms with Crippen molar-refractivity contribution >= 4 is 34.1 Å². The molecular weight excluding hydrogens is 330 g/mol. The van der Waals surface area contributed by atoms with Gasteiger partial charge in [0.15, 0.2) is 5.11 Å². The molecule has 0 saturated heterocycles. The molecule has 1 atom stereocenters. The molecule has 1 aromatic heterocycles. The molecule has 3 aromatic rings. The van der Waals surface area contributed by atoms with E-state index in [-0.39, 0.29) is 6.04 Å². The highest BCUT2D eigenvalue weighted by Gasteiger charge is 2.32. The van der Waals surface area contributed by atoms with Crippen LogP contribution >= 0.6 is 12.2 Å².